The molecule has 4 rings (SSSR count). The van der Waals surface area contributed by atoms with Gasteiger partial charge in [0.2, 0.25) is 0 Å². The summed E-state index contributed by atoms with van der Waals surface area (Å²) in [7, 11) is 0. The number of hydrogen-bond acceptors (Lipinski definition) is 1. The number of anilines is 1. The van der Waals surface area contributed by atoms with E-state index in [0.29, 0.717) is 6.54 Å². The Labute approximate surface area is 137 Å². The molecular weight excluding hydrogens is 284 g/mol. The molecule has 3 heteroatoms. The normalized spacial score (nSPS) is 22.6. The lowest BCUT2D eigenvalue weighted by molar-refractivity contribution is -0.907. The van der Waals surface area contributed by atoms with Gasteiger partial charge in [-0.1, -0.05) is 42.5 Å². The molecule has 118 valence electrons. The summed E-state index contributed by atoms with van der Waals surface area (Å²) >= 11 is 0. The number of nitrogens with one attached hydrogen (secondary N) is 1. The molecule has 0 radical (unpaired) electrons. The van der Waals surface area contributed by atoms with E-state index in [-0.39, 0.29) is 11.9 Å². The fraction of sp³-hybridized carbons (Fsp3) is 0.350. The van der Waals surface area contributed by atoms with E-state index in [1.807, 2.05) is 11.0 Å². The first-order valence-electron chi connectivity index (χ1n) is 8.52. The van der Waals surface area contributed by atoms with Gasteiger partial charge in [-0.05, 0) is 30.5 Å². The Hall–Kier alpha value is -2.13. The first-order chi connectivity index (χ1) is 11.2. The minimum Gasteiger partial charge on any atom is -0.323 e. The number of carbonyl (C=O) groups excluding carboxylic acids is 1. The maximum absolute atomic E-state index is 12.9. The molecule has 23 heavy (non-hydrogen) atoms. The number of rotatable bonds is 2. The standard InChI is InChI=1S/C20H22N2O/c1-15-12-17-7-4-5-9-19(17)22(15)20(23)14-21-11-10-16-6-2-3-8-18(16)13-21/h2-9,15H,10-14H2,1H3/p+1/t15-/m1/s1. The number of quaternary nitrogens is 1. The predicted molar refractivity (Wildman–Crippen MR) is 91.6 cm³/mol. The number of nitrogens with zero attached hydrogens (tertiary/aromatic N) is 1. The van der Waals surface area contributed by atoms with Gasteiger partial charge in [-0.2, -0.15) is 0 Å². The smallest absolute Gasteiger partial charge is 0.282 e. The fourth-order valence-electron chi connectivity index (χ4n) is 4.04. The summed E-state index contributed by atoms with van der Waals surface area (Å²) in [6.45, 7) is 4.75. The Morgan fingerprint density at radius 2 is 1.78 bits per heavy atom. The third-order valence-corrected chi connectivity index (χ3v) is 5.18. The molecule has 0 fully saturated rings. The molecule has 2 aliphatic heterocycles. The SMILES string of the molecule is C[C@@H]1Cc2ccccc2N1C(=O)C[NH+]1CCc2ccccc2C1. The second-order valence-corrected chi connectivity index (χ2v) is 6.82. The first-order valence-corrected chi connectivity index (χ1v) is 8.52. The Kier molecular flexibility index (Phi) is 3.66. The van der Waals surface area contributed by atoms with Crippen molar-refractivity contribution in [2.75, 3.05) is 18.0 Å². The van der Waals surface area contributed by atoms with Gasteiger partial charge in [0, 0.05) is 23.7 Å². The average Bonchev–Trinajstić information content (AvgIpc) is 2.90. The highest BCUT2D eigenvalue weighted by Gasteiger charge is 2.33. The Morgan fingerprint density at radius 3 is 2.61 bits per heavy atom. The summed E-state index contributed by atoms with van der Waals surface area (Å²) < 4.78 is 0. The van der Waals surface area contributed by atoms with Gasteiger partial charge in [-0.25, -0.2) is 0 Å². The van der Waals surface area contributed by atoms with E-state index in [9.17, 15) is 4.79 Å². The van der Waals surface area contributed by atoms with Crippen LogP contribution in [0.5, 0.6) is 0 Å². The van der Waals surface area contributed by atoms with Crippen molar-refractivity contribution in [3.63, 3.8) is 0 Å². The Morgan fingerprint density at radius 1 is 1.09 bits per heavy atom. The third-order valence-electron chi connectivity index (χ3n) is 5.18. The van der Waals surface area contributed by atoms with Gasteiger partial charge in [0.05, 0.1) is 6.54 Å². The van der Waals surface area contributed by atoms with Crippen LogP contribution < -0.4 is 9.80 Å². The summed E-state index contributed by atoms with van der Waals surface area (Å²) in [5, 5.41) is 0. The minimum absolute atomic E-state index is 0.261. The van der Waals surface area contributed by atoms with Gasteiger partial charge >= 0.3 is 0 Å². The second kappa shape index (κ2) is 5.82. The topological polar surface area (TPSA) is 24.8 Å². The molecule has 0 saturated heterocycles. The van der Waals surface area contributed by atoms with Crippen LogP contribution in [0.25, 0.3) is 0 Å². The van der Waals surface area contributed by atoms with Crippen molar-refractivity contribution in [3.05, 3.63) is 65.2 Å². The van der Waals surface area contributed by atoms with Gasteiger partial charge < -0.3 is 9.80 Å². The molecule has 0 aromatic heterocycles. The lowest BCUT2D eigenvalue weighted by Gasteiger charge is -2.28. The van der Waals surface area contributed by atoms with E-state index < -0.39 is 0 Å². The highest BCUT2D eigenvalue weighted by atomic mass is 16.2. The van der Waals surface area contributed by atoms with E-state index >= 15 is 0 Å². The first kappa shape index (κ1) is 14.5. The maximum Gasteiger partial charge on any atom is 0.282 e. The quantitative estimate of drug-likeness (QED) is 0.896. The lowest BCUT2D eigenvalue weighted by atomic mass is 10.00. The van der Waals surface area contributed by atoms with Crippen LogP contribution in [-0.4, -0.2) is 25.0 Å². The monoisotopic (exact) mass is 307 g/mol. The average molecular weight is 307 g/mol. The summed E-state index contributed by atoms with van der Waals surface area (Å²) in [5.41, 5.74) is 5.26. The molecule has 2 aliphatic rings. The molecule has 0 bridgehead atoms. The Bertz CT molecular complexity index is 740. The number of benzene rings is 2. The molecule has 2 aromatic carbocycles. The van der Waals surface area contributed by atoms with Crippen LogP contribution in [0.4, 0.5) is 5.69 Å². The van der Waals surface area contributed by atoms with E-state index in [4.69, 9.17) is 0 Å². The number of fused-ring (bicyclic) bond motifs is 2. The van der Waals surface area contributed by atoms with Crippen LogP contribution in [0.2, 0.25) is 0 Å². The lowest BCUT2D eigenvalue weighted by Crippen LogP contribution is -3.13. The Balaban J connectivity index is 1.49. The summed E-state index contributed by atoms with van der Waals surface area (Å²) in [4.78, 5) is 16.3. The molecule has 1 N–H and O–H groups in total. The number of para-hydroxylation sites is 1. The van der Waals surface area contributed by atoms with Crippen LogP contribution in [0.15, 0.2) is 48.5 Å². The molecule has 1 unspecified atom stereocenters. The molecule has 0 saturated carbocycles. The number of carbonyl (C=O) groups is 1. The zero-order valence-electron chi connectivity index (χ0n) is 13.6. The molecule has 3 nitrogen and oxygen atoms in total. The largest absolute Gasteiger partial charge is 0.323 e. The van der Waals surface area contributed by atoms with Crippen molar-refractivity contribution in [2.24, 2.45) is 0 Å². The van der Waals surface area contributed by atoms with Crippen molar-refractivity contribution in [1.29, 1.82) is 0 Å². The molecule has 2 atom stereocenters. The van der Waals surface area contributed by atoms with E-state index in [1.54, 1.807) is 0 Å². The van der Waals surface area contributed by atoms with Crippen molar-refractivity contribution in [1.82, 2.24) is 0 Å². The molecule has 0 aliphatic carbocycles. The number of amides is 1. The predicted octanol–water partition coefficient (Wildman–Crippen LogP) is 1.61. The van der Waals surface area contributed by atoms with E-state index in [0.717, 1.165) is 31.6 Å². The highest BCUT2D eigenvalue weighted by Crippen LogP contribution is 2.31. The molecule has 0 spiro atoms. The van der Waals surface area contributed by atoms with Crippen molar-refractivity contribution >= 4 is 11.6 Å². The van der Waals surface area contributed by atoms with Crippen LogP contribution in [0.1, 0.15) is 23.6 Å². The second-order valence-electron chi connectivity index (χ2n) is 6.82. The van der Waals surface area contributed by atoms with Crippen molar-refractivity contribution in [2.45, 2.75) is 32.4 Å². The van der Waals surface area contributed by atoms with Crippen molar-refractivity contribution in [3.8, 4) is 0 Å². The van der Waals surface area contributed by atoms with Crippen molar-refractivity contribution < 1.29 is 9.69 Å². The zero-order chi connectivity index (χ0) is 15.8. The summed E-state index contributed by atoms with van der Waals surface area (Å²) in [6, 6.07) is 17.2. The fourth-order valence-corrected chi connectivity index (χ4v) is 4.04. The molecular formula is C20H23N2O+. The van der Waals surface area contributed by atoms with Crippen LogP contribution in [0.3, 0.4) is 0 Å². The molecule has 1 amide bonds. The van der Waals surface area contributed by atoms with Gasteiger partial charge in [0.15, 0.2) is 6.54 Å². The van der Waals surface area contributed by atoms with Gasteiger partial charge in [0.1, 0.15) is 6.54 Å². The summed E-state index contributed by atoms with van der Waals surface area (Å²) in [5.74, 6) is 0.261. The molecule has 2 heterocycles. The zero-order valence-corrected chi connectivity index (χ0v) is 13.6. The van der Waals surface area contributed by atoms with Gasteiger partial charge in [-0.3, -0.25) is 4.79 Å². The minimum atomic E-state index is 0.261. The maximum atomic E-state index is 12.9. The van der Waals surface area contributed by atoms with Crippen LogP contribution in [0, 0.1) is 0 Å². The van der Waals surface area contributed by atoms with Gasteiger partial charge in [-0.15, -0.1) is 0 Å². The number of hydrogen-bond donors (Lipinski definition) is 1. The summed E-state index contributed by atoms with van der Waals surface area (Å²) in [6.07, 6.45) is 2.05. The van der Waals surface area contributed by atoms with E-state index in [1.165, 1.54) is 21.6 Å². The highest BCUT2D eigenvalue weighted by molar-refractivity contribution is 5.96. The van der Waals surface area contributed by atoms with Crippen LogP contribution >= 0.6 is 0 Å². The van der Waals surface area contributed by atoms with E-state index in [2.05, 4.69) is 49.4 Å². The third kappa shape index (κ3) is 2.66. The van der Waals surface area contributed by atoms with Gasteiger partial charge in [0.25, 0.3) is 5.91 Å². The van der Waals surface area contributed by atoms with Crippen LogP contribution in [-0.2, 0) is 24.2 Å². The molecule has 2 aromatic rings.